The number of hydrogen-bond acceptors (Lipinski definition) is 2. The lowest BCUT2D eigenvalue weighted by atomic mass is 10.1. The third kappa shape index (κ3) is 3.93. The van der Waals surface area contributed by atoms with Gasteiger partial charge in [-0.2, -0.15) is 13.2 Å². The maximum absolute atomic E-state index is 13.8. The number of rotatable bonds is 4. The second-order valence-electron chi connectivity index (χ2n) is 4.53. The molecule has 1 aromatic rings. The summed E-state index contributed by atoms with van der Waals surface area (Å²) in [7, 11) is 1.34. The van der Waals surface area contributed by atoms with Gasteiger partial charge in [-0.1, -0.05) is 6.07 Å². The van der Waals surface area contributed by atoms with Gasteiger partial charge in [0.2, 0.25) is 0 Å². The van der Waals surface area contributed by atoms with Crippen LogP contribution in [0.2, 0.25) is 0 Å². The summed E-state index contributed by atoms with van der Waals surface area (Å²) in [4.78, 5) is 13.0. The molecule has 7 heteroatoms. The van der Waals surface area contributed by atoms with Gasteiger partial charge in [-0.3, -0.25) is 4.79 Å². The third-order valence-electron chi connectivity index (χ3n) is 2.76. The zero-order chi connectivity index (χ0) is 15.5. The van der Waals surface area contributed by atoms with Crippen LogP contribution in [0.15, 0.2) is 18.2 Å². The van der Waals surface area contributed by atoms with Crippen LogP contribution in [0.1, 0.15) is 29.3 Å². The molecule has 0 radical (unpaired) electrons. The van der Waals surface area contributed by atoms with Crippen molar-refractivity contribution < 1.29 is 27.5 Å². The molecule has 0 fully saturated rings. The van der Waals surface area contributed by atoms with E-state index in [-0.39, 0.29) is 13.0 Å². The van der Waals surface area contributed by atoms with Crippen LogP contribution in [0.25, 0.3) is 0 Å². The van der Waals surface area contributed by atoms with Gasteiger partial charge >= 0.3 is 6.18 Å². The fraction of sp³-hybridized carbons (Fsp3) is 0.462. The second kappa shape index (κ2) is 6.21. The Morgan fingerprint density at radius 3 is 2.50 bits per heavy atom. The van der Waals surface area contributed by atoms with Gasteiger partial charge in [0.15, 0.2) is 0 Å². The molecule has 1 amide bonds. The molecule has 1 aromatic carbocycles. The number of carbonyl (C=O) groups is 1. The third-order valence-corrected chi connectivity index (χ3v) is 2.76. The maximum atomic E-state index is 13.8. The lowest BCUT2D eigenvalue weighted by Gasteiger charge is -2.19. The molecule has 1 N–H and O–H groups in total. The largest absolute Gasteiger partial charge is 0.419 e. The number of nitrogens with zero attached hydrogens (tertiary/aromatic N) is 1. The predicted molar refractivity (Wildman–Crippen MR) is 64.7 cm³/mol. The highest BCUT2D eigenvalue weighted by atomic mass is 19.4. The van der Waals surface area contributed by atoms with Crippen molar-refractivity contribution in [2.24, 2.45) is 0 Å². The number of benzene rings is 1. The number of aliphatic hydroxyl groups is 1. The Morgan fingerprint density at radius 2 is 2.00 bits per heavy atom. The first-order valence-corrected chi connectivity index (χ1v) is 5.93. The topological polar surface area (TPSA) is 40.5 Å². The molecule has 0 aliphatic carbocycles. The van der Waals surface area contributed by atoms with Gasteiger partial charge in [-0.15, -0.1) is 0 Å². The minimum absolute atomic E-state index is 0.117. The van der Waals surface area contributed by atoms with Crippen LogP contribution in [0.4, 0.5) is 17.6 Å². The lowest BCUT2D eigenvalue weighted by molar-refractivity contribution is -0.140. The van der Waals surface area contributed by atoms with Crippen molar-refractivity contribution in [1.82, 2.24) is 4.90 Å². The SMILES string of the molecule is CC(O)CCN(C)C(=O)c1cccc(C(F)(F)F)c1F. The van der Waals surface area contributed by atoms with Crippen molar-refractivity contribution in [2.75, 3.05) is 13.6 Å². The highest BCUT2D eigenvalue weighted by molar-refractivity contribution is 5.94. The van der Waals surface area contributed by atoms with Crippen molar-refractivity contribution in [3.8, 4) is 0 Å². The van der Waals surface area contributed by atoms with Gasteiger partial charge in [0, 0.05) is 13.6 Å². The van der Waals surface area contributed by atoms with Crippen LogP contribution in [0, 0.1) is 5.82 Å². The highest BCUT2D eigenvalue weighted by Crippen LogP contribution is 2.32. The molecule has 0 saturated carbocycles. The first-order chi connectivity index (χ1) is 9.14. The summed E-state index contributed by atoms with van der Waals surface area (Å²) in [6, 6.07) is 2.58. The Balaban J connectivity index is 3.00. The van der Waals surface area contributed by atoms with Crippen molar-refractivity contribution in [2.45, 2.75) is 25.6 Å². The monoisotopic (exact) mass is 293 g/mol. The molecule has 1 rings (SSSR count). The highest BCUT2D eigenvalue weighted by Gasteiger charge is 2.36. The average molecular weight is 293 g/mol. The first-order valence-electron chi connectivity index (χ1n) is 5.93. The van der Waals surface area contributed by atoms with Gasteiger partial charge in [-0.25, -0.2) is 4.39 Å². The molecule has 112 valence electrons. The molecule has 0 bridgehead atoms. The Labute approximate surface area is 113 Å². The van der Waals surface area contributed by atoms with Crippen LogP contribution < -0.4 is 0 Å². The van der Waals surface area contributed by atoms with Crippen LogP contribution in [0.3, 0.4) is 0 Å². The van der Waals surface area contributed by atoms with Crippen LogP contribution in [-0.4, -0.2) is 35.6 Å². The number of carbonyl (C=O) groups excluding carboxylic acids is 1. The summed E-state index contributed by atoms with van der Waals surface area (Å²) in [6.45, 7) is 1.63. The fourth-order valence-corrected chi connectivity index (χ4v) is 1.60. The average Bonchev–Trinajstić information content (AvgIpc) is 2.33. The number of aliphatic hydroxyl groups excluding tert-OH is 1. The zero-order valence-corrected chi connectivity index (χ0v) is 11.0. The molecule has 0 aromatic heterocycles. The summed E-state index contributed by atoms with van der Waals surface area (Å²) in [6.07, 6.45) is -5.25. The van der Waals surface area contributed by atoms with Gasteiger partial charge < -0.3 is 10.0 Å². The van der Waals surface area contributed by atoms with Gasteiger partial charge in [0.25, 0.3) is 5.91 Å². The van der Waals surface area contributed by atoms with E-state index in [1.807, 2.05) is 0 Å². The van der Waals surface area contributed by atoms with E-state index in [9.17, 15) is 22.4 Å². The Kier molecular flexibility index (Phi) is 5.10. The molecule has 0 heterocycles. The van der Waals surface area contributed by atoms with E-state index in [0.29, 0.717) is 6.07 Å². The zero-order valence-electron chi connectivity index (χ0n) is 11.0. The summed E-state index contributed by atoms with van der Waals surface area (Å²) in [5.41, 5.74) is -2.10. The maximum Gasteiger partial charge on any atom is 0.419 e. The smallest absolute Gasteiger partial charge is 0.393 e. The molecule has 1 unspecified atom stereocenters. The number of hydrogen-bond donors (Lipinski definition) is 1. The predicted octanol–water partition coefficient (Wildman–Crippen LogP) is 2.69. The molecular weight excluding hydrogens is 278 g/mol. The van der Waals surface area contributed by atoms with Gasteiger partial charge in [0.1, 0.15) is 5.82 Å². The van der Waals surface area contributed by atoms with Crippen molar-refractivity contribution in [3.05, 3.63) is 35.1 Å². The molecule has 20 heavy (non-hydrogen) atoms. The van der Waals surface area contributed by atoms with E-state index in [1.165, 1.54) is 14.0 Å². The number of alkyl halides is 3. The molecule has 0 aliphatic rings. The second-order valence-corrected chi connectivity index (χ2v) is 4.53. The van der Waals surface area contributed by atoms with Crippen molar-refractivity contribution >= 4 is 5.91 Å². The normalized spacial score (nSPS) is 13.2. The minimum atomic E-state index is -4.85. The van der Waals surface area contributed by atoms with Crippen molar-refractivity contribution in [3.63, 3.8) is 0 Å². The quantitative estimate of drug-likeness (QED) is 0.867. The summed E-state index contributed by atoms with van der Waals surface area (Å²) in [5.74, 6) is -2.43. The fourth-order valence-electron chi connectivity index (χ4n) is 1.60. The lowest BCUT2D eigenvalue weighted by Crippen LogP contribution is -2.30. The molecule has 3 nitrogen and oxygen atoms in total. The molecule has 1 atom stereocenters. The summed E-state index contributed by atoms with van der Waals surface area (Å²) in [5, 5.41) is 9.10. The standard InChI is InChI=1S/C13H15F4NO2/c1-8(19)6-7-18(2)12(20)9-4-3-5-10(11(9)14)13(15,16)17/h3-5,8,19H,6-7H2,1-2H3. The van der Waals surface area contributed by atoms with E-state index in [0.717, 1.165) is 17.0 Å². The molecule has 0 aliphatic heterocycles. The molecule has 0 saturated heterocycles. The number of halogens is 4. The minimum Gasteiger partial charge on any atom is -0.393 e. The van der Waals surface area contributed by atoms with E-state index in [1.54, 1.807) is 0 Å². The Bertz CT molecular complexity index is 486. The van der Waals surface area contributed by atoms with E-state index < -0.39 is 35.1 Å². The van der Waals surface area contributed by atoms with E-state index in [4.69, 9.17) is 5.11 Å². The molecular formula is C13H15F4NO2. The summed E-state index contributed by atoms with van der Waals surface area (Å²) >= 11 is 0. The van der Waals surface area contributed by atoms with Gasteiger partial charge in [-0.05, 0) is 25.5 Å². The van der Waals surface area contributed by atoms with Crippen LogP contribution in [-0.2, 0) is 6.18 Å². The molecule has 0 spiro atoms. The van der Waals surface area contributed by atoms with Crippen LogP contribution >= 0.6 is 0 Å². The number of amides is 1. The van der Waals surface area contributed by atoms with Crippen molar-refractivity contribution in [1.29, 1.82) is 0 Å². The Morgan fingerprint density at radius 1 is 1.40 bits per heavy atom. The van der Waals surface area contributed by atoms with Crippen LogP contribution in [0.5, 0.6) is 0 Å². The van der Waals surface area contributed by atoms with Gasteiger partial charge in [0.05, 0.1) is 17.2 Å². The first kappa shape index (κ1) is 16.4. The summed E-state index contributed by atoms with van der Waals surface area (Å²) < 4.78 is 51.4. The van der Waals surface area contributed by atoms with E-state index in [2.05, 4.69) is 0 Å². The van der Waals surface area contributed by atoms with E-state index >= 15 is 0 Å². The Hall–Kier alpha value is -1.63.